The highest BCUT2D eigenvalue weighted by atomic mass is 16.7. The van der Waals surface area contributed by atoms with E-state index in [9.17, 15) is 19.2 Å². The van der Waals surface area contributed by atoms with Gasteiger partial charge in [0.15, 0.2) is 12.1 Å². The zero-order valence-corrected chi connectivity index (χ0v) is 27.5. The summed E-state index contributed by atoms with van der Waals surface area (Å²) in [7, 11) is 4.86. The van der Waals surface area contributed by atoms with E-state index in [1.165, 1.54) is 0 Å². The zero-order valence-electron chi connectivity index (χ0n) is 27.5. The van der Waals surface area contributed by atoms with Crippen molar-refractivity contribution >= 4 is 23.3 Å². The minimum atomic E-state index is -0.746. The van der Waals surface area contributed by atoms with Gasteiger partial charge >= 0.3 is 5.97 Å². The van der Waals surface area contributed by atoms with Crippen LogP contribution in [0.1, 0.15) is 72.1 Å². The van der Waals surface area contributed by atoms with E-state index < -0.39 is 18.3 Å². The fraction of sp³-hybridized carbons (Fsp3) is 0.829. The second-order valence-electron chi connectivity index (χ2n) is 14.3. The molecule has 0 radical (unpaired) electrons. The van der Waals surface area contributed by atoms with Crippen molar-refractivity contribution in [2.75, 3.05) is 21.3 Å². The Kier molecular flexibility index (Phi) is 9.71. The summed E-state index contributed by atoms with van der Waals surface area (Å²) in [4.78, 5) is 53.6. The largest absolute Gasteiger partial charge is 0.462 e. The van der Waals surface area contributed by atoms with Crippen molar-refractivity contribution in [3.63, 3.8) is 0 Å². The molecule has 0 aromatic heterocycles. The molecule has 2 saturated heterocycles. The van der Waals surface area contributed by atoms with E-state index in [0.717, 1.165) is 0 Å². The van der Waals surface area contributed by atoms with Crippen molar-refractivity contribution in [1.82, 2.24) is 0 Å². The zero-order chi connectivity index (χ0) is 32.2. The molecule has 45 heavy (non-hydrogen) atoms. The van der Waals surface area contributed by atoms with Crippen LogP contribution in [0.3, 0.4) is 0 Å². The average molecular weight is 631 g/mol. The molecule has 2 aliphatic heterocycles. The van der Waals surface area contributed by atoms with Gasteiger partial charge in [-0.25, -0.2) is 0 Å². The number of cyclic esters (lactones) is 1. The highest BCUT2D eigenvalue weighted by Crippen LogP contribution is 2.64. The number of ether oxygens (including phenoxy) is 6. The Morgan fingerprint density at radius 1 is 0.867 bits per heavy atom. The Labute approximate surface area is 266 Å². The quantitative estimate of drug-likeness (QED) is 0.316. The summed E-state index contributed by atoms with van der Waals surface area (Å²) < 4.78 is 36.0. The molecule has 0 aromatic rings. The number of hydrogen-bond donors (Lipinski definition) is 0. The summed E-state index contributed by atoms with van der Waals surface area (Å²) >= 11 is 0. The van der Waals surface area contributed by atoms with Crippen LogP contribution >= 0.6 is 0 Å². The molecule has 0 aromatic carbocycles. The number of allylic oxidation sites excluding steroid dienone is 2. The van der Waals surface area contributed by atoms with Gasteiger partial charge < -0.3 is 28.4 Å². The SMILES string of the molecule is CC[C@H]1CCCC(=O)[C@@H](C)C(=O)C2=C[C@H]3[C@@H]4C[C@H](O[C@@H]5OC(C)[C@H](OC)C(OC)[C@@H]5OC)C[C@H]4[C@@H]4C(=O)C[C@@H]4[C@H]3[C@@H]2CC(=O)O1. The monoisotopic (exact) mass is 630 g/mol. The molecule has 250 valence electrons. The molecule has 5 fully saturated rings. The third kappa shape index (κ3) is 5.77. The van der Waals surface area contributed by atoms with E-state index >= 15 is 0 Å². The number of carbonyl (C=O) groups is 4. The van der Waals surface area contributed by atoms with Gasteiger partial charge in [-0.3, -0.25) is 19.2 Å². The molecular formula is C35H50O10. The molecule has 0 spiro atoms. The molecule has 6 aliphatic rings. The lowest BCUT2D eigenvalue weighted by Crippen LogP contribution is -2.59. The second kappa shape index (κ2) is 13.3. The van der Waals surface area contributed by atoms with Crippen LogP contribution in [0.25, 0.3) is 0 Å². The summed E-state index contributed by atoms with van der Waals surface area (Å²) in [5.41, 5.74) is 0.594. The van der Waals surface area contributed by atoms with E-state index in [1.807, 2.05) is 13.8 Å². The first-order chi connectivity index (χ1) is 21.6. The Hall–Kier alpha value is -1.98. The Morgan fingerprint density at radius 3 is 2.24 bits per heavy atom. The predicted molar refractivity (Wildman–Crippen MR) is 161 cm³/mol. The smallest absolute Gasteiger partial charge is 0.306 e. The first kappa shape index (κ1) is 32.9. The van der Waals surface area contributed by atoms with Crippen molar-refractivity contribution in [1.29, 1.82) is 0 Å². The molecule has 10 nitrogen and oxygen atoms in total. The normalized spacial score (nSPS) is 46.9. The molecule has 4 aliphatic carbocycles. The molecule has 0 amide bonds. The maximum absolute atomic E-state index is 13.9. The third-order valence-corrected chi connectivity index (χ3v) is 12.1. The van der Waals surface area contributed by atoms with Crippen molar-refractivity contribution in [3.05, 3.63) is 11.6 Å². The first-order valence-electron chi connectivity index (χ1n) is 17.0. The van der Waals surface area contributed by atoms with Crippen molar-refractivity contribution in [2.24, 2.45) is 47.3 Å². The van der Waals surface area contributed by atoms with Gasteiger partial charge in [0.2, 0.25) is 0 Å². The number of esters is 1. The predicted octanol–water partition coefficient (Wildman–Crippen LogP) is 3.87. The maximum atomic E-state index is 13.9. The molecule has 2 heterocycles. The number of carbonyl (C=O) groups excluding carboxylic acids is 4. The Morgan fingerprint density at radius 2 is 1.58 bits per heavy atom. The molecule has 15 atom stereocenters. The standard InChI is InChI=1S/C35H50O10/c1-7-18-9-8-10-26(36)16(2)31(39)24-13-22-20-11-19(45-35-34(42-6)33(41-5)32(40-4)17(3)43-35)12-21(20)30-25(14-27(30)37)29(22)23(24)15-28(38)44-18/h13,16-23,25,29-30,32-35H,7-12,14-15H2,1-6H3/t16-,17?,18+,19+,20-,21-,22+,23-,25-,29-,30+,32+,33?,34+,35+/m1/s1. The number of hydrogen-bond acceptors (Lipinski definition) is 10. The number of ketones is 3. The van der Waals surface area contributed by atoms with Crippen LogP contribution in [0.4, 0.5) is 0 Å². The van der Waals surface area contributed by atoms with E-state index in [4.69, 9.17) is 28.4 Å². The Bertz CT molecular complexity index is 1200. The van der Waals surface area contributed by atoms with Crippen molar-refractivity contribution in [3.8, 4) is 0 Å². The van der Waals surface area contributed by atoms with Crippen molar-refractivity contribution < 1.29 is 47.6 Å². The molecule has 6 rings (SSSR count). The summed E-state index contributed by atoms with van der Waals surface area (Å²) in [5.74, 6) is -1.11. The lowest BCUT2D eigenvalue weighted by molar-refractivity contribution is -0.314. The molecule has 10 heteroatoms. The fourth-order valence-corrected chi connectivity index (χ4v) is 9.94. The van der Waals surface area contributed by atoms with E-state index in [1.54, 1.807) is 28.3 Å². The fourth-order valence-electron chi connectivity index (χ4n) is 9.94. The van der Waals surface area contributed by atoms with Gasteiger partial charge in [-0.05, 0) is 81.1 Å². The van der Waals surface area contributed by atoms with Gasteiger partial charge in [0.25, 0.3) is 0 Å². The molecular weight excluding hydrogens is 580 g/mol. The number of rotatable bonds is 6. The van der Waals surface area contributed by atoms with Crippen LogP contribution in [-0.4, -0.2) is 87.6 Å². The number of Topliss-reactive ketones (excluding diaryl/α,β-unsaturated/α-hetero) is 3. The van der Waals surface area contributed by atoms with Crippen LogP contribution in [-0.2, 0) is 47.6 Å². The topological polar surface area (TPSA) is 124 Å². The molecule has 0 N–H and O–H groups in total. The van der Waals surface area contributed by atoms with Gasteiger partial charge in [-0.1, -0.05) is 13.0 Å². The third-order valence-electron chi connectivity index (χ3n) is 12.1. The maximum Gasteiger partial charge on any atom is 0.306 e. The number of methoxy groups -OCH3 is 3. The minimum absolute atomic E-state index is 0.0115. The first-order valence-corrected chi connectivity index (χ1v) is 17.0. The highest BCUT2D eigenvalue weighted by molar-refractivity contribution is 6.10. The minimum Gasteiger partial charge on any atom is -0.462 e. The summed E-state index contributed by atoms with van der Waals surface area (Å²) in [6.07, 6.45) is 3.74. The Balaban J connectivity index is 1.27. The molecule has 2 unspecified atom stereocenters. The highest BCUT2D eigenvalue weighted by Gasteiger charge is 2.64. The van der Waals surface area contributed by atoms with Gasteiger partial charge in [0, 0.05) is 46.0 Å². The van der Waals surface area contributed by atoms with Crippen LogP contribution in [0.5, 0.6) is 0 Å². The van der Waals surface area contributed by atoms with E-state index in [2.05, 4.69) is 6.08 Å². The summed E-state index contributed by atoms with van der Waals surface area (Å²) in [6.45, 7) is 5.63. The van der Waals surface area contributed by atoms with Gasteiger partial charge in [-0.15, -0.1) is 0 Å². The van der Waals surface area contributed by atoms with Gasteiger partial charge in [-0.2, -0.15) is 0 Å². The second-order valence-corrected chi connectivity index (χ2v) is 14.3. The van der Waals surface area contributed by atoms with Crippen LogP contribution in [0.15, 0.2) is 11.6 Å². The van der Waals surface area contributed by atoms with Gasteiger partial charge in [0.05, 0.1) is 24.5 Å². The molecule has 0 bridgehead atoms. The van der Waals surface area contributed by atoms with Crippen LogP contribution < -0.4 is 0 Å². The summed E-state index contributed by atoms with van der Waals surface area (Å²) in [6, 6.07) is 0. The number of fused-ring (bicyclic) bond motifs is 8. The lowest BCUT2D eigenvalue weighted by Gasteiger charge is -2.54. The average Bonchev–Trinajstić information content (AvgIpc) is 3.58. The van der Waals surface area contributed by atoms with E-state index in [0.29, 0.717) is 50.5 Å². The van der Waals surface area contributed by atoms with Crippen LogP contribution in [0.2, 0.25) is 0 Å². The summed E-state index contributed by atoms with van der Waals surface area (Å²) in [5, 5.41) is 0. The molecule has 3 saturated carbocycles. The lowest BCUT2D eigenvalue weighted by atomic mass is 9.49. The van der Waals surface area contributed by atoms with Gasteiger partial charge in [0.1, 0.15) is 36.0 Å². The van der Waals surface area contributed by atoms with Crippen LogP contribution in [0, 0.1) is 47.3 Å². The van der Waals surface area contributed by atoms with Crippen molar-refractivity contribution in [2.45, 2.75) is 115 Å². The van der Waals surface area contributed by atoms with E-state index in [-0.39, 0.29) is 102 Å².